The second-order valence-corrected chi connectivity index (χ2v) is 9.68. The molecule has 6 nitrogen and oxygen atoms in total. The van der Waals surface area contributed by atoms with Crippen LogP contribution < -0.4 is 14.8 Å². The van der Waals surface area contributed by atoms with E-state index in [9.17, 15) is 13.2 Å². The molecule has 0 heterocycles. The number of halogens is 1. The minimum atomic E-state index is -3.35. The second kappa shape index (κ2) is 11.3. The molecule has 0 atom stereocenters. The van der Waals surface area contributed by atoms with Crippen molar-refractivity contribution >= 4 is 27.5 Å². The van der Waals surface area contributed by atoms with Gasteiger partial charge < -0.3 is 10.1 Å². The zero-order valence-electron chi connectivity index (χ0n) is 17.6. The van der Waals surface area contributed by atoms with Gasteiger partial charge in [0.1, 0.15) is 5.75 Å². The van der Waals surface area contributed by atoms with Crippen LogP contribution in [0.4, 0.5) is 0 Å². The molecule has 0 bridgehead atoms. The van der Waals surface area contributed by atoms with Gasteiger partial charge in [-0.3, -0.25) is 4.79 Å². The Labute approximate surface area is 184 Å². The van der Waals surface area contributed by atoms with Crippen molar-refractivity contribution in [1.29, 1.82) is 0 Å². The highest BCUT2D eigenvalue weighted by molar-refractivity contribution is 7.88. The number of hydrogen-bond acceptors (Lipinski definition) is 4. The summed E-state index contributed by atoms with van der Waals surface area (Å²) >= 11 is 5.92. The average molecular weight is 453 g/mol. The minimum absolute atomic E-state index is 0.0563. The molecule has 2 rings (SSSR count). The average Bonchev–Trinajstić information content (AvgIpc) is 2.64. The smallest absolute Gasteiger partial charge is 0.220 e. The highest BCUT2D eigenvalue weighted by atomic mass is 35.5. The van der Waals surface area contributed by atoms with Gasteiger partial charge in [0.05, 0.1) is 12.4 Å². The molecule has 2 aromatic rings. The highest BCUT2D eigenvalue weighted by Gasteiger charge is 2.12. The predicted octanol–water partition coefficient (Wildman–Crippen LogP) is 3.95. The SMILES string of the molecule is Cc1cc(Cl)ccc1OCCCC(=O)NCc1ccc(CS(=O)(=O)NC(C)C)cc1. The lowest BCUT2D eigenvalue weighted by atomic mass is 10.1. The summed E-state index contributed by atoms with van der Waals surface area (Å²) in [4.78, 5) is 12.0. The minimum Gasteiger partial charge on any atom is -0.493 e. The molecule has 0 aromatic heterocycles. The third-order valence-corrected chi connectivity index (χ3v) is 6.01. The molecule has 1 amide bonds. The quantitative estimate of drug-likeness (QED) is 0.505. The number of aryl methyl sites for hydroxylation is 1. The van der Waals surface area contributed by atoms with Gasteiger partial charge in [-0.1, -0.05) is 35.9 Å². The molecule has 0 saturated carbocycles. The number of amides is 1. The van der Waals surface area contributed by atoms with Gasteiger partial charge >= 0.3 is 0 Å². The summed E-state index contributed by atoms with van der Waals surface area (Å²) in [6.07, 6.45) is 0.970. The lowest BCUT2D eigenvalue weighted by Crippen LogP contribution is -2.31. The Morgan fingerprint density at radius 3 is 2.40 bits per heavy atom. The molecule has 0 aliphatic carbocycles. The Morgan fingerprint density at radius 1 is 1.10 bits per heavy atom. The molecule has 2 aromatic carbocycles. The van der Waals surface area contributed by atoms with Crippen molar-refractivity contribution in [3.63, 3.8) is 0 Å². The summed E-state index contributed by atoms with van der Waals surface area (Å²) in [5, 5.41) is 3.54. The van der Waals surface area contributed by atoms with E-state index in [-0.39, 0.29) is 17.7 Å². The number of hydrogen-bond donors (Lipinski definition) is 2. The van der Waals surface area contributed by atoms with Crippen molar-refractivity contribution < 1.29 is 17.9 Å². The summed E-state index contributed by atoms with van der Waals surface area (Å²) in [5.41, 5.74) is 2.57. The normalized spacial score (nSPS) is 11.5. The molecule has 0 aliphatic heterocycles. The first kappa shape index (κ1) is 24.2. The Bertz CT molecular complexity index is 944. The number of rotatable bonds is 11. The zero-order chi connectivity index (χ0) is 22.1. The summed E-state index contributed by atoms with van der Waals surface area (Å²) in [6, 6.07) is 12.5. The summed E-state index contributed by atoms with van der Waals surface area (Å²) in [6.45, 7) is 6.34. The van der Waals surface area contributed by atoms with Crippen molar-refractivity contribution in [2.45, 2.75) is 52.0 Å². The highest BCUT2D eigenvalue weighted by Crippen LogP contribution is 2.21. The van der Waals surface area contributed by atoms with E-state index in [0.29, 0.717) is 36.6 Å². The fraction of sp³-hybridized carbons (Fsp3) is 0.409. The van der Waals surface area contributed by atoms with Crippen molar-refractivity contribution in [2.75, 3.05) is 6.61 Å². The Kier molecular flexibility index (Phi) is 9.14. The largest absolute Gasteiger partial charge is 0.493 e. The first-order chi connectivity index (χ1) is 14.1. The molecule has 164 valence electrons. The molecule has 0 spiro atoms. The molecule has 0 fully saturated rings. The zero-order valence-corrected chi connectivity index (χ0v) is 19.1. The van der Waals surface area contributed by atoms with Crippen molar-refractivity contribution in [3.05, 3.63) is 64.2 Å². The van der Waals surface area contributed by atoms with Gasteiger partial charge in [0.2, 0.25) is 15.9 Å². The number of carbonyl (C=O) groups excluding carboxylic acids is 1. The van der Waals surface area contributed by atoms with Gasteiger partial charge in [-0.05, 0) is 62.1 Å². The summed E-state index contributed by atoms with van der Waals surface area (Å²) < 4.78 is 32.2. The molecule has 0 unspecified atom stereocenters. The van der Waals surface area contributed by atoms with E-state index >= 15 is 0 Å². The van der Waals surface area contributed by atoms with Crippen molar-refractivity contribution in [3.8, 4) is 5.75 Å². The van der Waals surface area contributed by atoms with Crippen LogP contribution >= 0.6 is 11.6 Å². The van der Waals surface area contributed by atoms with Gasteiger partial charge in [0.15, 0.2) is 0 Å². The van der Waals surface area contributed by atoms with Crippen LogP contribution in [0, 0.1) is 6.92 Å². The lowest BCUT2D eigenvalue weighted by molar-refractivity contribution is -0.121. The number of sulfonamides is 1. The molecular weight excluding hydrogens is 424 g/mol. The molecule has 2 N–H and O–H groups in total. The Hall–Kier alpha value is -2.09. The molecular formula is C22H29ClN2O4S. The fourth-order valence-corrected chi connectivity index (χ4v) is 4.51. The van der Waals surface area contributed by atoms with E-state index < -0.39 is 10.0 Å². The van der Waals surface area contributed by atoms with Crippen LogP contribution in [0.1, 0.15) is 43.4 Å². The second-order valence-electron chi connectivity index (χ2n) is 7.49. The fourth-order valence-electron chi connectivity index (χ4n) is 2.85. The maximum absolute atomic E-state index is 12.0. The lowest BCUT2D eigenvalue weighted by Gasteiger charge is -2.11. The first-order valence-corrected chi connectivity index (χ1v) is 11.9. The van der Waals surface area contributed by atoms with Crippen LogP contribution in [0.2, 0.25) is 5.02 Å². The molecule has 0 radical (unpaired) electrons. The Balaban J connectivity index is 1.70. The number of ether oxygens (including phenoxy) is 1. The van der Waals surface area contributed by atoms with E-state index in [1.54, 1.807) is 32.0 Å². The van der Waals surface area contributed by atoms with E-state index in [0.717, 1.165) is 16.9 Å². The summed E-state index contributed by atoms with van der Waals surface area (Å²) in [7, 11) is -3.35. The van der Waals surface area contributed by atoms with Crippen LogP contribution in [0.3, 0.4) is 0 Å². The number of carbonyl (C=O) groups is 1. The third kappa shape index (κ3) is 8.73. The van der Waals surface area contributed by atoms with Crippen LogP contribution in [0.5, 0.6) is 5.75 Å². The van der Waals surface area contributed by atoms with Crippen LogP contribution in [-0.4, -0.2) is 27.0 Å². The predicted molar refractivity (Wildman–Crippen MR) is 120 cm³/mol. The third-order valence-electron chi connectivity index (χ3n) is 4.23. The monoisotopic (exact) mass is 452 g/mol. The maximum Gasteiger partial charge on any atom is 0.220 e. The topological polar surface area (TPSA) is 84.5 Å². The standard InChI is InChI=1S/C22H29ClN2O4S/c1-16(2)25-30(27,28)15-19-8-6-18(7-9-19)14-24-22(26)5-4-12-29-21-11-10-20(23)13-17(21)3/h6-11,13,16,25H,4-5,12,14-15H2,1-3H3,(H,24,26). The first-order valence-electron chi connectivity index (χ1n) is 9.88. The van der Waals surface area contributed by atoms with E-state index in [1.807, 2.05) is 31.2 Å². The van der Waals surface area contributed by atoms with Crippen molar-refractivity contribution in [1.82, 2.24) is 10.0 Å². The van der Waals surface area contributed by atoms with Gasteiger partial charge in [-0.25, -0.2) is 13.1 Å². The van der Waals surface area contributed by atoms with Gasteiger partial charge in [0.25, 0.3) is 0 Å². The Morgan fingerprint density at radius 2 is 1.77 bits per heavy atom. The number of nitrogens with one attached hydrogen (secondary N) is 2. The maximum atomic E-state index is 12.0. The van der Waals surface area contributed by atoms with E-state index in [4.69, 9.17) is 16.3 Å². The van der Waals surface area contributed by atoms with Gasteiger partial charge in [0, 0.05) is 24.0 Å². The van der Waals surface area contributed by atoms with Crippen LogP contribution in [0.25, 0.3) is 0 Å². The van der Waals surface area contributed by atoms with Crippen LogP contribution in [-0.2, 0) is 27.1 Å². The van der Waals surface area contributed by atoms with E-state index in [1.165, 1.54) is 0 Å². The number of benzene rings is 2. The van der Waals surface area contributed by atoms with Gasteiger partial charge in [-0.15, -0.1) is 0 Å². The summed E-state index contributed by atoms with van der Waals surface area (Å²) in [5.74, 6) is 0.648. The molecule has 30 heavy (non-hydrogen) atoms. The van der Waals surface area contributed by atoms with Crippen LogP contribution in [0.15, 0.2) is 42.5 Å². The molecule has 8 heteroatoms. The van der Waals surface area contributed by atoms with Crippen molar-refractivity contribution in [2.24, 2.45) is 0 Å². The van der Waals surface area contributed by atoms with E-state index in [2.05, 4.69) is 10.0 Å². The molecule has 0 saturated heterocycles. The van der Waals surface area contributed by atoms with Gasteiger partial charge in [-0.2, -0.15) is 0 Å². The molecule has 0 aliphatic rings.